The number of ketones is 1. The Morgan fingerprint density at radius 3 is 2.66 bits per heavy atom. The number of hydrogen-bond donors (Lipinski definition) is 1. The van der Waals surface area contributed by atoms with Gasteiger partial charge in [-0.3, -0.25) is 14.4 Å². The molecule has 176 valence electrons. The number of rotatable bonds is 4. The summed E-state index contributed by atoms with van der Waals surface area (Å²) in [6.45, 7) is 4.95. The van der Waals surface area contributed by atoms with Gasteiger partial charge in [0.1, 0.15) is 12.2 Å². The molecule has 9 heteroatoms. The molecule has 0 aromatic carbocycles. The molecule has 4 rings (SSSR count). The molecule has 4 aliphatic rings. The summed E-state index contributed by atoms with van der Waals surface area (Å²) < 4.78 is 51.0. The molecule has 0 saturated heterocycles. The van der Waals surface area contributed by atoms with Gasteiger partial charge >= 0.3 is 0 Å². The van der Waals surface area contributed by atoms with E-state index >= 15 is 8.78 Å². The first-order valence-electron chi connectivity index (χ1n) is 10.7. The van der Waals surface area contributed by atoms with Gasteiger partial charge in [-0.25, -0.2) is 13.2 Å². The van der Waals surface area contributed by atoms with Gasteiger partial charge < -0.3 is 9.84 Å². The molecule has 0 spiro atoms. The molecule has 32 heavy (non-hydrogen) atoms. The van der Waals surface area contributed by atoms with Crippen LogP contribution in [-0.4, -0.2) is 52.0 Å². The van der Waals surface area contributed by atoms with Crippen molar-refractivity contribution in [3.05, 3.63) is 23.8 Å². The lowest BCUT2D eigenvalue weighted by Gasteiger charge is -2.63. The quantitative estimate of drug-likeness (QED) is 0.630. The van der Waals surface area contributed by atoms with E-state index in [4.69, 9.17) is 4.74 Å². The van der Waals surface area contributed by atoms with Crippen molar-refractivity contribution >= 4 is 29.1 Å². The SMILES string of the molecule is C[C@@H]1C[C@H]2[C@@H]3C[C@H](F)C4=CC(=O)C=C[C@]4(C)[C@@]3(F)[C@@H](O)C[C@]2(C)[C@@]1(OC=O)C(=O)SCF. The van der Waals surface area contributed by atoms with Gasteiger partial charge in [-0.2, -0.15) is 0 Å². The van der Waals surface area contributed by atoms with E-state index in [-0.39, 0.29) is 31.3 Å². The Morgan fingerprint density at radius 2 is 2.03 bits per heavy atom. The largest absolute Gasteiger partial charge is 0.451 e. The first kappa shape index (κ1) is 23.5. The van der Waals surface area contributed by atoms with Gasteiger partial charge in [0.05, 0.1) is 6.10 Å². The summed E-state index contributed by atoms with van der Waals surface area (Å²) in [6, 6.07) is -1.02. The number of alkyl halides is 3. The molecule has 3 saturated carbocycles. The normalized spacial score (nSPS) is 49.5. The molecule has 0 bridgehead atoms. The van der Waals surface area contributed by atoms with Gasteiger partial charge in [0.15, 0.2) is 17.1 Å². The monoisotopic (exact) mass is 472 g/mol. The second-order valence-electron chi connectivity index (χ2n) is 9.99. The smallest absolute Gasteiger partial charge is 0.294 e. The fraction of sp³-hybridized carbons (Fsp3) is 0.696. The summed E-state index contributed by atoms with van der Waals surface area (Å²) in [7, 11) is 0. The summed E-state index contributed by atoms with van der Waals surface area (Å²) in [6.07, 6.45) is 0.151. The number of carbonyl (C=O) groups is 3. The highest BCUT2D eigenvalue weighted by atomic mass is 32.2. The van der Waals surface area contributed by atoms with E-state index in [1.165, 1.54) is 19.1 Å². The van der Waals surface area contributed by atoms with Crippen LogP contribution in [0.5, 0.6) is 0 Å². The van der Waals surface area contributed by atoms with E-state index < -0.39 is 69.0 Å². The Kier molecular flexibility index (Phi) is 5.48. The highest BCUT2D eigenvalue weighted by molar-refractivity contribution is 8.13. The van der Waals surface area contributed by atoms with Crippen molar-refractivity contribution in [2.24, 2.45) is 28.6 Å². The topological polar surface area (TPSA) is 80.7 Å². The number of halogens is 3. The zero-order valence-corrected chi connectivity index (χ0v) is 19.0. The number of carbonyl (C=O) groups excluding carboxylic acids is 3. The third-order valence-corrected chi connectivity index (χ3v) is 9.57. The lowest BCUT2D eigenvalue weighted by Crippen LogP contribution is -2.70. The van der Waals surface area contributed by atoms with E-state index in [0.717, 1.165) is 6.08 Å². The zero-order chi connectivity index (χ0) is 23.7. The Balaban J connectivity index is 1.87. The number of aliphatic hydroxyl groups is 1. The Hall–Kier alpha value is -1.61. The molecule has 9 atom stereocenters. The minimum absolute atomic E-state index is 0.0110. The van der Waals surface area contributed by atoms with Crippen LogP contribution in [-0.2, 0) is 19.1 Å². The van der Waals surface area contributed by atoms with E-state index in [1.807, 2.05) is 0 Å². The minimum atomic E-state index is -2.30. The van der Waals surface area contributed by atoms with Gasteiger partial charge in [0.2, 0.25) is 5.12 Å². The molecular formula is C23H27F3O5S. The Bertz CT molecular complexity index is 923. The van der Waals surface area contributed by atoms with E-state index in [0.29, 0.717) is 11.8 Å². The Morgan fingerprint density at radius 1 is 1.34 bits per heavy atom. The lowest BCUT2D eigenvalue weighted by molar-refractivity contribution is -0.225. The molecular weight excluding hydrogens is 445 g/mol. The second kappa shape index (κ2) is 7.45. The van der Waals surface area contributed by atoms with Crippen LogP contribution in [0.15, 0.2) is 23.8 Å². The van der Waals surface area contributed by atoms with Crippen molar-refractivity contribution < 1.29 is 37.4 Å². The van der Waals surface area contributed by atoms with E-state index in [2.05, 4.69) is 0 Å². The third-order valence-electron chi connectivity index (χ3n) is 8.89. The summed E-state index contributed by atoms with van der Waals surface area (Å²) in [5, 5.41) is 10.6. The molecule has 1 N–H and O–H groups in total. The van der Waals surface area contributed by atoms with Crippen LogP contribution in [0.4, 0.5) is 13.2 Å². The van der Waals surface area contributed by atoms with Crippen molar-refractivity contribution in [3.8, 4) is 0 Å². The van der Waals surface area contributed by atoms with Crippen LogP contribution in [0.1, 0.15) is 40.0 Å². The van der Waals surface area contributed by atoms with Crippen LogP contribution in [0.25, 0.3) is 0 Å². The molecule has 0 unspecified atom stereocenters. The van der Waals surface area contributed by atoms with Crippen LogP contribution in [0, 0.1) is 28.6 Å². The van der Waals surface area contributed by atoms with E-state index in [9.17, 15) is 23.9 Å². The summed E-state index contributed by atoms with van der Waals surface area (Å²) >= 11 is 0.377. The molecule has 0 heterocycles. The van der Waals surface area contributed by atoms with Crippen molar-refractivity contribution in [1.29, 1.82) is 0 Å². The van der Waals surface area contributed by atoms with Gasteiger partial charge in [0, 0.05) is 22.7 Å². The molecule has 0 radical (unpaired) electrons. The Labute approximate surface area is 188 Å². The van der Waals surface area contributed by atoms with Crippen LogP contribution >= 0.6 is 11.8 Å². The van der Waals surface area contributed by atoms with Gasteiger partial charge in [-0.05, 0) is 61.6 Å². The maximum Gasteiger partial charge on any atom is 0.294 e. The van der Waals surface area contributed by atoms with Gasteiger partial charge in [-0.1, -0.05) is 19.9 Å². The summed E-state index contributed by atoms with van der Waals surface area (Å²) in [4.78, 5) is 36.4. The summed E-state index contributed by atoms with van der Waals surface area (Å²) in [5.74, 6) is -2.64. The molecule has 5 nitrogen and oxygen atoms in total. The fourth-order valence-electron chi connectivity index (χ4n) is 7.49. The highest BCUT2D eigenvalue weighted by Gasteiger charge is 2.77. The van der Waals surface area contributed by atoms with Crippen molar-refractivity contribution in [2.45, 2.75) is 63.6 Å². The predicted octanol–water partition coefficient (Wildman–Crippen LogP) is 3.65. The van der Waals surface area contributed by atoms with Crippen LogP contribution in [0.2, 0.25) is 0 Å². The van der Waals surface area contributed by atoms with Crippen molar-refractivity contribution in [1.82, 2.24) is 0 Å². The number of aliphatic hydroxyl groups excluding tert-OH is 1. The average molecular weight is 473 g/mol. The molecule has 0 amide bonds. The van der Waals surface area contributed by atoms with E-state index in [1.54, 1.807) is 13.8 Å². The average Bonchev–Trinajstić information content (AvgIpc) is 2.94. The number of ether oxygens (including phenoxy) is 1. The number of allylic oxidation sites excluding steroid dienone is 4. The first-order chi connectivity index (χ1) is 14.9. The molecule has 0 aliphatic heterocycles. The number of hydrogen-bond acceptors (Lipinski definition) is 6. The first-order valence-corrected chi connectivity index (χ1v) is 11.7. The predicted molar refractivity (Wildman–Crippen MR) is 112 cm³/mol. The maximum absolute atomic E-state index is 17.1. The van der Waals surface area contributed by atoms with Crippen LogP contribution < -0.4 is 0 Å². The number of thioether (sulfide) groups is 1. The second-order valence-corrected chi connectivity index (χ2v) is 10.9. The molecule has 4 aliphatic carbocycles. The maximum atomic E-state index is 17.1. The summed E-state index contributed by atoms with van der Waals surface area (Å²) in [5.41, 5.74) is -6.81. The lowest BCUT2D eigenvalue weighted by atomic mass is 9.44. The zero-order valence-electron chi connectivity index (χ0n) is 18.1. The highest BCUT2D eigenvalue weighted by Crippen LogP contribution is 2.71. The standard InChI is InChI=1S/C23H27F3O5S/c1-12-6-14-15-8-17(25)16-7-13(28)4-5-20(16,2)22(15,26)18(29)9-21(14,3)23(12,31-11-27)19(30)32-10-24/h4-5,7,11-12,14-15,17-18,29H,6,8-10H2,1-3H3/t12-,14+,15+,17+,18+,20+,21+,22+,23+/m1/s1. The van der Waals surface area contributed by atoms with Gasteiger partial charge in [0.25, 0.3) is 6.47 Å². The fourth-order valence-corrected chi connectivity index (χ4v) is 8.29. The third kappa shape index (κ3) is 2.61. The molecule has 0 aromatic heterocycles. The van der Waals surface area contributed by atoms with Crippen molar-refractivity contribution in [3.63, 3.8) is 0 Å². The van der Waals surface area contributed by atoms with Crippen molar-refractivity contribution in [2.75, 3.05) is 6.01 Å². The minimum Gasteiger partial charge on any atom is -0.451 e. The number of fused-ring (bicyclic) bond motifs is 5. The molecule has 0 aromatic rings. The van der Waals surface area contributed by atoms with Gasteiger partial charge in [-0.15, -0.1) is 0 Å². The van der Waals surface area contributed by atoms with Crippen LogP contribution in [0.3, 0.4) is 0 Å². The molecule has 3 fully saturated rings.